The molecule has 1 aliphatic rings. The molecule has 0 amide bonds. The van der Waals surface area contributed by atoms with Crippen LogP contribution in [0.15, 0.2) is 18.2 Å². The zero-order chi connectivity index (χ0) is 10.7. The van der Waals surface area contributed by atoms with E-state index in [0.717, 1.165) is 38.4 Å². The second-order valence-electron chi connectivity index (χ2n) is 3.95. The van der Waals surface area contributed by atoms with Crippen LogP contribution in [-0.4, -0.2) is 26.2 Å². The summed E-state index contributed by atoms with van der Waals surface area (Å²) in [4.78, 5) is 2.35. The van der Waals surface area contributed by atoms with Crippen LogP contribution in [0.4, 0.5) is 5.69 Å². The number of benzene rings is 1. The van der Waals surface area contributed by atoms with Gasteiger partial charge in [0, 0.05) is 6.54 Å². The first-order valence-electron chi connectivity index (χ1n) is 5.50. The lowest BCUT2D eigenvalue weighted by Crippen LogP contribution is -2.34. The Balaban J connectivity index is 2.18. The maximum absolute atomic E-state index is 5.64. The SMILES string of the molecule is Cc1ccc2c(c1)OCCN2CCCN. The Labute approximate surface area is 90.8 Å². The van der Waals surface area contributed by atoms with E-state index in [9.17, 15) is 0 Å². The molecule has 3 nitrogen and oxygen atoms in total. The topological polar surface area (TPSA) is 38.5 Å². The van der Waals surface area contributed by atoms with Crippen LogP contribution in [0.3, 0.4) is 0 Å². The molecule has 1 heterocycles. The summed E-state index contributed by atoms with van der Waals surface area (Å²) in [7, 11) is 0. The summed E-state index contributed by atoms with van der Waals surface area (Å²) < 4.78 is 5.64. The molecule has 1 aromatic carbocycles. The largest absolute Gasteiger partial charge is 0.490 e. The molecule has 1 aromatic rings. The van der Waals surface area contributed by atoms with Crippen molar-refractivity contribution in [3.8, 4) is 5.75 Å². The highest BCUT2D eigenvalue weighted by molar-refractivity contribution is 5.60. The van der Waals surface area contributed by atoms with Gasteiger partial charge < -0.3 is 15.4 Å². The first-order chi connectivity index (χ1) is 7.31. The van der Waals surface area contributed by atoms with Gasteiger partial charge in [0.15, 0.2) is 0 Å². The van der Waals surface area contributed by atoms with Gasteiger partial charge in [-0.3, -0.25) is 0 Å². The highest BCUT2D eigenvalue weighted by Gasteiger charge is 2.16. The van der Waals surface area contributed by atoms with Gasteiger partial charge in [-0.1, -0.05) is 6.07 Å². The zero-order valence-corrected chi connectivity index (χ0v) is 9.20. The third-order valence-electron chi connectivity index (χ3n) is 2.71. The highest BCUT2D eigenvalue weighted by atomic mass is 16.5. The maximum Gasteiger partial charge on any atom is 0.142 e. The molecule has 15 heavy (non-hydrogen) atoms. The minimum atomic E-state index is 0.749. The molecule has 0 atom stereocenters. The number of nitrogens with two attached hydrogens (primary N) is 1. The number of rotatable bonds is 3. The van der Waals surface area contributed by atoms with Gasteiger partial charge in [0.2, 0.25) is 0 Å². The summed E-state index contributed by atoms with van der Waals surface area (Å²) in [5, 5.41) is 0. The van der Waals surface area contributed by atoms with Gasteiger partial charge in [-0.25, -0.2) is 0 Å². The van der Waals surface area contributed by atoms with Crippen LogP contribution >= 0.6 is 0 Å². The monoisotopic (exact) mass is 206 g/mol. The Kier molecular flexibility index (Phi) is 3.11. The number of fused-ring (bicyclic) bond motifs is 1. The third-order valence-corrected chi connectivity index (χ3v) is 2.71. The number of anilines is 1. The first kappa shape index (κ1) is 10.3. The van der Waals surface area contributed by atoms with Gasteiger partial charge in [-0.2, -0.15) is 0 Å². The van der Waals surface area contributed by atoms with E-state index in [1.54, 1.807) is 0 Å². The molecule has 0 fully saturated rings. The molecule has 2 rings (SSSR count). The van der Waals surface area contributed by atoms with Crippen LogP contribution in [0.1, 0.15) is 12.0 Å². The summed E-state index contributed by atoms with van der Waals surface area (Å²) >= 11 is 0. The molecular formula is C12H18N2O. The Hall–Kier alpha value is -1.22. The Bertz CT molecular complexity index is 338. The van der Waals surface area contributed by atoms with Crippen LogP contribution in [-0.2, 0) is 0 Å². The maximum atomic E-state index is 5.64. The molecule has 3 heteroatoms. The lowest BCUT2D eigenvalue weighted by Gasteiger charge is -2.31. The molecule has 0 aliphatic carbocycles. The minimum absolute atomic E-state index is 0.749. The molecule has 0 aromatic heterocycles. The second-order valence-corrected chi connectivity index (χ2v) is 3.95. The van der Waals surface area contributed by atoms with Crippen molar-refractivity contribution in [3.05, 3.63) is 23.8 Å². The summed E-state index contributed by atoms with van der Waals surface area (Å²) in [6.45, 7) is 5.61. The van der Waals surface area contributed by atoms with Crippen molar-refractivity contribution in [1.29, 1.82) is 0 Å². The molecule has 1 aliphatic heterocycles. The summed E-state index contributed by atoms with van der Waals surface area (Å²) in [6.07, 6.45) is 1.04. The van der Waals surface area contributed by atoms with Gasteiger partial charge in [-0.05, 0) is 37.6 Å². The minimum Gasteiger partial charge on any atom is -0.490 e. The van der Waals surface area contributed by atoms with Crippen LogP contribution < -0.4 is 15.4 Å². The highest BCUT2D eigenvalue weighted by Crippen LogP contribution is 2.32. The molecule has 0 spiro atoms. The zero-order valence-electron chi connectivity index (χ0n) is 9.20. The average molecular weight is 206 g/mol. The van der Waals surface area contributed by atoms with E-state index < -0.39 is 0 Å². The Morgan fingerprint density at radius 1 is 1.47 bits per heavy atom. The van der Waals surface area contributed by atoms with Crippen LogP contribution in [0.25, 0.3) is 0 Å². The van der Waals surface area contributed by atoms with Crippen LogP contribution in [0, 0.1) is 6.92 Å². The van der Waals surface area contributed by atoms with E-state index in [2.05, 4.69) is 30.0 Å². The lowest BCUT2D eigenvalue weighted by molar-refractivity contribution is 0.307. The summed E-state index contributed by atoms with van der Waals surface area (Å²) in [6, 6.07) is 6.37. The van der Waals surface area contributed by atoms with Gasteiger partial charge in [0.1, 0.15) is 12.4 Å². The van der Waals surface area contributed by atoms with E-state index in [-0.39, 0.29) is 0 Å². The second kappa shape index (κ2) is 4.53. The van der Waals surface area contributed by atoms with E-state index >= 15 is 0 Å². The fourth-order valence-electron chi connectivity index (χ4n) is 1.90. The van der Waals surface area contributed by atoms with Crippen molar-refractivity contribution in [2.75, 3.05) is 31.1 Å². The van der Waals surface area contributed by atoms with Crippen molar-refractivity contribution >= 4 is 5.69 Å². The number of aryl methyl sites for hydroxylation is 1. The number of ether oxygens (including phenoxy) is 1. The molecule has 0 radical (unpaired) electrons. The lowest BCUT2D eigenvalue weighted by atomic mass is 10.1. The Morgan fingerprint density at radius 3 is 3.13 bits per heavy atom. The molecular weight excluding hydrogens is 188 g/mol. The van der Waals surface area contributed by atoms with Crippen molar-refractivity contribution < 1.29 is 4.74 Å². The van der Waals surface area contributed by atoms with Crippen molar-refractivity contribution in [2.24, 2.45) is 5.73 Å². The van der Waals surface area contributed by atoms with Crippen molar-refractivity contribution in [3.63, 3.8) is 0 Å². The number of nitrogens with zero attached hydrogens (tertiary/aromatic N) is 1. The smallest absolute Gasteiger partial charge is 0.142 e. The first-order valence-corrected chi connectivity index (χ1v) is 5.50. The van der Waals surface area contributed by atoms with E-state index in [0.29, 0.717) is 0 Å². The molecule has 82 valence electrons. The van der Waals surface area contributed by atoms with Gasteiger partial charge in [-0.15, -0.1) is 0 Å². The summed E-state index contributed by atoms with van der Waals surface area (Å²) in [5.74, 6) is 1.01. The summed E-state index contributed by atoms with van der Waals surface area (Å²) in [5.41, 5.74) is 7.99. The predicted octanol–water partition coefficient (Wildman–Crippen LogP) is 1.54. The standard InChI is InChI=1S/C12H18N2O/c1-10-3-4-11-12(9-10)15-8-7-14(11)6-2-5-13/h3-4,9H,2,5-8,13H2,1H3. The van der Waals surface area contributed by atoms with Crippen molar-refractivity contribution in [1.82, 2.24) is 0 Å². The normalized spacial score (nSPS) is 14.7. The number of hydrogen-bond acceptors (Lipinski definition) is 3. The van der Waals surface area contributed by atoms with Crippen LogP contribution in [0.2, 0.25) is 0 Å². The number of hydrogen-bond donors (Lipinski definition) is 1. The van der Waals surface area contributed by atoms with Crippen LogP contribution in [0.5, 0.6) is 5.75 Å². The molecule has 0 saturated carbocycles. The van der Waals surface area contributed by atoms with E-state index in [1.807, 2.05) is 0 Å². The van der Waals surface area contributed by atoms with E-state index in [4.69, 9.17) is 10.5 Å². The quantitative estimate of drug-likeness (QED) is 0.815. The molecule has 0 bridgehead atoms. The van der Waals surface area contributed by atoms with Gasteiger partial charge >= 0.3 is 0 Å². The predicted molar refractivity (Wildman–Crippen MR) is 62.6 cm³/mol. The molecule has 2 N–H and O–H groups in total. The molecule has 0 unspecified atom stereocenters. The van der Waals surface area contributed by atoms with Gasteiger partial charge in [0.05, 0.1) is 12.2 Å². The van der Waals surface area contributed by atoms with Crippen molar-refractivity contribution in [2.45, 2.75) is 13.3 Å². The average Bonchev–Trinajstić information content (AvgIpc) is 2.25. The fourth-order valence-corrected chi connectivity index (χ4v) is 1.90. The third kappa shape index (κ3) is 2.23. The fraction of sp³-hybridized carbons (Fsp3) is 0.500. The van der Waals surface area contributed by atoms with E-state index in [1.165, 1.54) is 11.3 Å². The molecule has 0 saturated heterocycles. The Morgan fingerprint density at radius 2 is 2.33 bits per heavy atom. The van der Waals surface area contributed by atoms with Gasteiger partial charge in [0.25, 0.3) is 0 Å².